The van der Waals surface area contributed by atoms with E-state index in [2.05, 4.69) is 5.32 Å². The minimum Gasteiger partial charge on any atom is -0.497 e. The van der Waals surface area contributed by atoms with Gasteiger partial charge in [-0.25, -0.2) is 8.42 Å². The summed E-state index contributed by atoms with van der Waals surface area (Å²) in [4.78, 5) is 30.5. The van der Waals surface area contributed by atoms with E-state index in [4.69, 9.17) is 4.74 Å². The summed E-state index contributed by atoms with van der Waals surface area (Å²) in [6, 6.07) is 20.3. The molecule has 0 radical (unpaired) electrons. The Kier molecular flexibility index (Phi) is 11.7. The van der Waals surface area contributed by atoms with E-state index in [0.29, 0.717) is 17.9 Å². The molecular weight excluding hydrogens is 595 g/mol. The molecule has 0 spiro atoms. The lowest BCUT2D eigenvalue weighted by Crippen LogP contribution is -2.54. The van der Waals surface area contributed by atoms with Crippen molar-refractivity contribution in [1.82, 2.24) is 10.2 Å². The summed E-state index contributed by atoms with van der Waals surface area (Å²) in [6.45, 7) is 3.48. The summed E-state index contributed by atoms with van der Waals surface area (Å²) >= 11 is 1.52. The van der Waals surface area contributed by atoms with Crippen LogP contribution in [0.4, 0.5) is 5.69 Å². The van der Waals surface area contributed by atoms with Gasteiger partial charge < -0.3 is 15.0 Å². The van der Waals surface area contributed by atoms with Crippen LogP contribution in [0.2, 0.25) is 0 Å². The van der Waals surface area contributed by atoms with Gasteiger partial charge in [0.05, 0.1) is 17.7 Å². The molecule has 8 nitrogen and oxygen atoms in total. The number of methoxy groups -OCH3 is 1. The van der Waals surface area contributed by atoms with Gasteiger partial charge in [0.25, 0.3) is 10.0 Å². The van der Waals surface area contributed by atoms with E-state index in [0.717, 1.165) is 52.4 Å². The van der Waals surface area contributed by atoms with E-state index in [1.54, 1.807) is 43.5 Å². The quantitative estimate of drug-likeness (QED) is 0.225. The van der Waals surface area contributed by atoms with Gasteiger partial charge in [0.15, 0.2) is 0 Å². The van der Waals surface area contributed by atoms with Crippen LogP contribution in [0.3, 0.4) is 0 Å². The van der Waals surface area contributed by atoms with Gasteiger partial charge in [0.1, 0.15) is 18.3 Å². The molecule has 1 N–H and O–H groups in total. The molecule has 2 amide bonds. The van der Waals surface area contributed by atoms with Crippen molar-refractivity contribution in [3.05, 3.63) is 83.9 Å². The number of nitrogens with zero attached hydrogens (tertiary/aromatic N) is 2. The van der Waals surface area contributed by atoms with Crippen molar-refractivity contribution in [1.29, 1.82) is 0 Å². The van der Waals surface area contributed by atoms with Crippen molar-refractivity contribution >= 4 is 39.3 Å². The zero-order valence-corrected chi connectivity index (χ0v) is 27.6. The number of carbonyl (C=O) groups excluding carboxylic acids is 2. The third-order valence-electron chi connectivity index (χ3n) is 8.10. The van der Waals surface area contributed by atoms with Gasteiger partial charge in [-0.05, 0) is 86.5 Å². The molecule has 4 rings (SSSR count). The molecule has 0 heterocycles. The molecule has 10 heteroatoms. The SMILES string of the molecule is CC[C@H](C(=O)NC1CCCCC1)N(Cc1ccc(OC)cc1)C(=O)CN(c1ccc(C)cc1)S(=O)(=O)c1ccc(SC)cc1. The number of amides is 2. The molecule has 1 atom stereocenters. The van der Waals surface area contributed by atoms with Crippen molar-refractivity contribution in [2.24, 2.45) is 0 Å². The third-order valence-corrected chi connectivity index (χ3v) is 10.6. The Morgan fingerprint density at radius 3 is 2.16 bits per heavy atom. The predicted molar refractivity (Wildman–Crippen MR) is 177 cm³/mol. The van der Waals surface area contributed by atoms with Crippen LogP contribution in [-0.2, 0) is 26.2 Å². The number of thioether (sulfide) groups is 1. The highest BCUT2D eigenvalue weighted by molar-refractivity contribution is 7.98. The number of benzene rings is 3. The van der Waals surface area contributed by atoms with Crippen LogP contribution in [-0.4, -0.2) is 57.1 Å². The second kappa shape index (κ2) is 15.5. The van der Waals surface area contributed by atoms with E-state index in [-0.39, 0.29) is 23.4 Å². The van der Waals surface area contributed by atoms with Gasteiger partial charge in [0, 0.05) is 17.5 Å². The standard InChI is InChI=1S/C34H43N3O5S2/c1-5-32(34(39)35-27-9-7-6-8-10-27)36(23-26-13-17-29(42-3)18-14-26)33(38)24-37(28-15-11-25(2)12-16-28)44(40,41)31-21-19-30(43-4)20-22-31/h11-22,27,32H,5-10,23-24H2,1-4H3,(H,35,39)/t32-/m1/s1. The zero-order valence-electron chi connectivity index (χ0n) is 26.0. The van der Waals surface area contributed by atoms with Crippen molar-refractivity contribution in [3.8, 4) is 5.75 Å². The minimum atomic E-state index is -4.12. The summed E-state index contributed by atoms with van der Waals surface area (Å²) < 4.78 is 34.6. The summed E-state index contributed by atoms with van der Waals surface area (Å²) in [5, 5.41) is 3.18. The number of carbonyl (C=O) groups is 2. The van der Waals surface area contributed by atoms with Crippen molar-refractivity contribution in [2.75, 3.05) is 24.2 Å². The monoisotopic (exact) mass is 637 g/mol. The molecule has 1 saturated carbocycles. The number of rotatable bonds is 13. The summed E-state index contributed by atoms with van der Waals surface area (Å²) in [5.74, 6) is 0.00726. The Balaban J connectivity index is 1.70. The van der Waals surface area contributed by atoms with Gasteiger partial charge in [-0.15, -0.1) is 11.8 Å². The molecule has 0 unspecified atom stereocenters. The zero-order chi connectivity index (χ0) is 31.7. The van der Waals surface area contributed by atoms with Crippen LogP contribution < -0.4 is 14.4 Å². The van der Waals surface area contributed by atoms with Gasteiger partial charge in [-0.3, -0.25) is 13.9 Å². The van der Waals surface area contributed by atoms with E-state index < -0.39 is 28.5 Å². The molecule has 3 aromatic rings. The molecule has 3 aromatic carbocycles. The molecule has 1 fully saturated rings. The minimum absolute atomic E-state index is 0.0805. The largest absolute Gasteiger partial charge is 0.497 e. The van der Waals surface area contributed by atoms with Gasteiger partial charge in [-0.1, -0.05) is 56.0 Å². The van der Waals surface area contributed by atoms with Crippen molar-refractivity contribution in [3.63, 3.8) is 0 Å². The molecule has 44 heavy (non-hydrogen) atoms. The van der Waals surface area contributed by atoms with Crippen LogP contribution in [0.1, 0.15) is 56.6 Å². The lowest BCUT2D eigenvalue weighted by molar-refractivity contribution is -0.140. The Bertz CT molecular complexity index is 1490. The normalized spacial score (nSPS) is 14.5. The molecule has 236 valence electrons. The first-order valence-electron chi connectivity index (χ1n) is 15.1. The maximum Gasteiger partial charge on any atom is 0.264 e. The molecular formula is C34H43N3O5S2. The number of nitrogens with one attached hydrogen (secondary N) is 1. The average molecular weight is 638 g/mol. The summed E-state index contributed by atoms with van der Waals surface area (Å²) in [7, 11) is -2.53. The number of aryl methyl sites for hydroxylation is 1. The predicted octanol–water partition coefficient (Wildman–Crippen LogP) is 6.18. The Morgan fingerprint density at radius 2 is 1.59 bits per heavy atom. The van der Waals surface area contributed by atoms with Gasteiger partial charge in [0.2, 0.25) is 11.8 Å². The van der Waals surface area contributed by atoms with Crippen molar-refractivity contribution < 1.29 is 22.7 Å². The smallest absolute Gasteiger partial charge is 0.264 e. The Labute approximate surface area is 266 Å². The molecule has 0 saturated heterocycles. The first-order chi connectivity index (χ1) is 21.2. The topological polar surface area (TPSA) is 96.0 Å². The Morgan fingerprint density at radius 1 is 0.955 bits per heavy atom. The van der Waals surface area contributed by atoms with Crippen molar-refractivity contribution in [2.45, 2.75) is 80.8 Å². The highest BCUT2D eigenvalue weighted by atomic mass is 32.2. The molecule has 0 bridgehead atoms. The van der Waals surface area contributed by atoms with Gasteiger partial charge in [-0.2, -0.15) is 0 Å². The molecule has 1 aliphatic carbocycles. The third kappa shape index (κ3) is 8.35. The highest BCUT2D eigenvalue weighted by Crippen LogP contribution is 2.27. The lowest BCUT2D eigenvalue weighted by Gasteiger charge is -2.34. The number of hydrogen-bond acceptors (Lipinski definition) is 6. The number of hydrogen-bond donors (Lipinski definition) is 1. The number of anilines is 1. The second-order valence-electron chi connectivity index (χ2n) is 11.2. The first kappa shape index (κ1) is 33.4. The van der Waals surface area contributed by atoms with Gasteiger partial charge >= 0.3 is 0 Å². The maximum atomic E-state index is 14.3. The average Bonchev–Trinajstić information content (AvgIpc) is 3.04. The summed E-state index contributed by atoms with van der Waals surface area (Å²) in [6.07, 6.45) is 7.44. The fourth-order valence-corrected chi connectivity index (χ4v) is 7.33. The first-order valence-corrected chi connectivity index (χ1v) is 17.8. The number of sulfonamides is 1. The summed E-state index contributed by atoms with van der Waals surface area (Å²) in [5.41, 5.74) is 2.15. The van der Waals surface area contributed by atoms with Crippen LogP contribution in [0.25, 0.3) is 0 Å². The van der Waals surface area contributed by atoms with E-state index in [1.807, 2.05) is 56.5 Å². The molecule has 0 aliphatic heterocycles. The van der Waals surface area contributed by atoms with Crippen LogP contribution >= 0.6 is 11.8 Å². The maximum absolute atomic E-state index is 14.3. The van der Waals surface area contributed by atoms with Crippen LogP contribution in [0, 0.1) is 6.92 Å². The second-order valence-corrected chi connectivity index (χ2v) is 13.9. The number of ether oxygens (including phenoxy) is 1. The van der Waals surface area contributed by atoms with E-state index >= 15 is 0 Å². The fourth-order valence-electron chi connectivity index (χ4n) is 5.51. The molecule has 0 aromatic heterocycles. The Hall–Kier alpha value is -3.50. The van der Waals surface area contributed by atoms with E-state index in [1.165, 1.54) is 16.7 Å². The lowest BCUT2D eigenvalue weighted by atomic mass is 9.95. The van der Waals surface area contributed by atoms with E-state index in [9.17, 15) is 18.0 Å². The highest BCUT2D eigenvalue weighted by Gasteiger charge is 2.34. The fraction of sp³-hybridized carbons (Fsp3) is 0.412. The molecule has 1 aliphatic rings. The van der Waals surface area contributed by atoms with Crippen LogP contribution in [0.15, 0.2) is 82.6 Å². The van der Waals surface area contributed by atoms with Crippen LogP contribution in [0.5, 0.6) is 5.75 Å².